The summed E-state index contributed by atoms with van der Waals surface area (Å²) in [6, 6.07) is 14.5. The molecule has 0 aliphatic carbocycles. The largest absolute Gasteiger partial charge is 0.497 e. The fraction of sp³-hybridized carbons (Fsp3) is 0.222. The van der Waals surface area contributed by atoms with Crippen LogP contribution in [0.25, 0.3) is 0 Å². The lowest BCUT2D eigenvalue weighted by atomic mass is 9.96. The summed E-state index contributed by atoms with van der Waals surface area (Å²) in [4.78, 5) is 23.6. The first-order valence-corrected chi connectivity index (χ1v) is 8.47. The fourth-order valence-electron chi connectivity index (χ4n) is 2.28. The molecular formula is C18H18INO4. The number of carboxylic acids is 1. The molecular weight excluding hydrogens is 421 g/mol. The van der Waals surface area contributed by atoms with Crippen molar-refractivity contribution in [1.29, 1.82) is 0 Å². The second-order valence-electron chi connectivity index (χ2n) is 5.32. The Morgan fingerprint density at radius 3 is 2.42 bits per heavy atom. The SMILES string of the molecule is COc1ccc(C[C@@H](CC(=O)Nc2ccccc2I)C(=O)O)cc1. The van der Waals surface area contributed by atoms with Gasteiger partial charge < -0.3 is 15.2 Å². The van der Waals surface area contributed by atoms with E-state index in [0.29, 0.717) is 17.9 Å². The average molecular weight is 439 g/mol. The van der Waals surface area contributed by atoms with Crippen LogP contribution in [0.5, 0.6) is 5.75 Å². The van der Waals surface area contributed by atoms with E-state index in [-0.39, 0.29) is 12.3 Å². The van der Waals surface area contributed by atoms with Crippen molar-refractivity contribution in [2.24, 2.45) is 5.92 Å². The van der Waals surface area contributed by atoms with Crippen LogP contribution < -0.4 is 10.1 Å². The van der Waals surface area contributed by atoms with Crippen LogP contribution in [0.4, 0.5) is 5.69 Å². The first kappa shape index (κ1) is 18.3. The first-order valence-electron chi connectivity index (χ1n) is 7.39. The van der Waals surface area contributed by atoms with Gasteiger partial charge in [-0.3, -0.25) is 9.59 Å². The maximum absolute atomic E-state index is 12.2. The summed E-state index contributed by atoms with van der Waals surface area (Å²) >= 11 is 2.12. The van der Waals surface area contributed by atoms with Crippen molar-refractivity contribution in [3.63, 3.8) is 0 Å². The Labute approximate surface area is 154 Å². The Balaban J connectivity index is 2.01. The van der Waals surface area contributed by atoms with Crippen molar-refractivity contribution in [2.75, 3.05) is 12.4 Å². The summed E-state index contributed by atoms with van der Waals surface area (Å²) in [6.07, 6.45) is 0.213. The van der Waals surface area contributed by atoms with Gasteiger partial charge in [0.05, 0.1) is 18.7 Å². The molecule has 2 aromatic carbocycles. The van der Waals surface area contributed by atoms with E-state index < -0.39 is 11.9 Å². The summed E-state index contributed by atoms with van der Waals surface area (Å²) < 4.78 is 5.99. The molecule has 0 aliphatic rings. The van der Waals surface area contributed by atoms with E-state index in [1.54, 1.807) is 25.3 Å². The highest BCUT2D eigenvalue weighted by Gasteiger charge is 2.22. The highest BCUT2D eigenvalue weighted by Crippen LogP contribution is 2.20. The van der Waals surface area contributed by atoms with Gasteiger partial charge in [0.1, 0.15) is 5.75 Å². The minimum absolute atomic E-state index is 0.0770. The minimum Gasteiger partial charge on any atom is -0.497 e. The normalized spacial score (nSPS) is 11.6. The highest BCUT2D eigenvalue weighted by molar-refractivity contribution is 14.1. The lowest BCUT2D eigenvalue weighted by molar-refractivity contribution is -0.143. The molecule has 6 heteroatoms. The predicted molar refractivity (Wildman–Crippen MR) is 100 cm³/mol. The summed E-state index contributed by atoms with van der Waals surface area (Å²) in [5.41, 5.74) is 1.54. The second kappa shape index (κ2) is 8.68. The van der Waals surface area contributed by atoms with Gasteiger partial charge in [-0.1, -0.05) is 24.3 Å². The van der Waals surface area contributed by atoms with Crippen LogP contribution in [0, 0.1) is 9.49 Å². The van der Waals surface area contributed by atoms with E-state index in [4.69, 9.17) is 4.74 Å². The lowest BCUT2D eigenvalue weighted by Crippen LogP contribution is -2.24. The molecule has 2 N–H and O–H groups in total. The van der Waals surface area contributed by atoms with E-state index in [0.717, 1.165) is 9.13 Å². The van der Waals surface area contributed by atoms with Crippen LogP contribution in [0.1, 0.15) is 12.0 Å². The Kier molecular flexibility index (Phi) is 6.60. The number of halogens is 1. The van der Waals surface area contributed by atoms with Gasteiger partial charge in [-0.25, -0.2) is 0 Å². The molecule has 1 amide bonds. The van der Waals surface area contributed by atoms with E-state index in [1.807, 2.05) is 30.3 Å². The second-order valence-corrected chi connectivity index (χ2v) is 6.48. The number of carbonyl (C=O) groups excluding carboxylic acids is 1. The Bertz CT molecular complexity index is 715. The van der Waals surface area contributed by atoms with Gasteiger partial charge in [-0.15, -0.1) is 0 Å². The summed E-state index contributed by atoms with van der Waals surface area (Å²) in [5.74, 6) is -1.36. The van der Waals surface area contributed by atoms with Crippen LogP contribution in [0.15, 0.2) is 48.5 Å². The lowest BCUT2D eigenvalue weighted by Gasteiger charge is -2.13. The van der Waals surface area contributed by atoms with Gasteiger partial charge in [0.15, 0.2) is 0 Å². The number of hydrogen-bond donors (Lipinski definition) is 2. The molecule has 0 radical (unpaired) electrons. The number of anilines is 1. The smallest absolute Gasteiger partial charge is 0.307 e. The van der Waals surface area contributed by atoms with Crippen molar-refractivity contribution in [2.45, 2.75) is 12.8 Å². The Morgan fingerprint density at radius 2 is 1.83 bits per heavy atom. The molecule has 2 aromatic rings. The molecule has 0 saturated carbocycles. The zero-order chi connectivity index (χ0) is 17.5. The van der Waals surface area contributed by atoms with Crippen molar-refractivity contribution < 1.29 is 19.4 Å². The Hall–Kier alpha value is -2.09. The molecule has 0 heterocycles. The molecule has 126 valence electrons. The maximum Gasteiger partial charge on any atom is 0.307 e. The van der Waals surface area contributed by atoms with Crippen molar-refractivity contribution in [3.8, 4) is 5.75 Å². The molecule has 0 saturated heterocycles. The van der Waals surface area contributed by atoms with Crippen LogP contribution >= 0.6 is 22.6 Å². The zero-order valence-electron chi connectivity index (χ0n) is 13.2. The summed E-state index contributed by atoms with van der Waals surface area (Å²) in [6.45, 7) is 0. The minimum atomic E-state index is -0.983. The molecule has 5 nitrogen and oxygen atoms in total. The van der Waals surface area contributed by atoms with Crippen LogP contribution in [0.2, 0.25) is 0 Å². The Morgan fingerprint density at radius 1 is 1.17 bits per heavy atom. The summed E-state index contributed by atoms with van der Waals surface area (Å²) in [7, 11) is 1.57. The van der Waals surface area contributed by atoms with Crippen molar-refractivity contribution in [3.05, 3.63) is 57.7 Å². The van der Waals surface area contributed by atoms with Gasteiger partial charge in [0, 0.05) is 9.99 Å². The van der Waals surface area contributed by atoms with Gasteiger partial charge in [0.2, 0.25) is 5.91 Å². The third-order valence-electron chi connectivity index (χ3n) is 3.57. The number of carbonyl (C=O) groups is 2. The predicted octanol–water partition coefficient (Wildman–Crippen LogP) is 3.57. The van der Waals surface area contributed by atoms with E-state index in [1.165, 1.54) is 0 Å². The number of carboxylic acid groups (broad SMARTS) is 1. The molecule has 1 atom stereocenters. The molecule has 0 unspecified atom stereocenters. The highest BCUT2D eigenvalue weighted by atomic mass is 127. The number of benzene rings is 2. The standard InChI is InChI=1S/C18H18INO4/c1-24-14-8-6-12(7-9-14)10-13(18(22)23)11-17(21)20-16-5-3-2-4-15(16)19/h2-9,13H,10-11H2,1H3,(H,20,21)(H,22,23)/t13-/m0/s1. The molecule has 0 spiro atoms. The van der Waals surface area contributed by atoms with Crippen LogP contribution in [-0.2, 0) is 16.0 Å². The number of aliphatic carboxylic acids is 1. The monoisotopic (exact) mass is 439 g/mol. The third-order valence-corrected chi connectivity index (χ3v) is 4.51. The van der Waals surface area contributed by atoms with Crippen molar-refractivity contribution in [1.82, 2.24) is 0 Å². The van der Waals surface area contributed by atoms with Crippen LogP contribution in [0.3, 0.4) is 0 Å². The first-order chi connectivity index (χ1) is 11.5. The quantitative estimate of drug-likeness (QED) is 0.647. The molecule has 0 fully saturated rings. The van der Waals surface area contributed by atoms with Gasteiger partial charge >= 0.3 is 5.97 Å². The number of nitrogens with one attached hydrogen (secondary N) is 1. The molecule has 24 heavy (non-hydrogen) atoms. The van der Waals surface area contributed by atoms with Gasteiger partial charge in [0.25, 0.3) is 0 Å². The van der Waals surface area contributed by atoms with Crippen molar-refractivity contribution >= 4 is 40.2 Å². The van der Waals surface area contributed by atoms with Gasteiger partial charge in [-0.05, 0) is 58.8 Å². The number of rotatable bonds is 7. The van der Waals surface area contributed by atoms with E-state index in [2.05, 4.69) is 27.9 Å². The number of amides is 1. The molecule has 2 rings (SSSR count). The number of hydrogen-bond acceptors (Lipinski definition) is 3. The third kappa shape index (κ3) is 5.23. The number of para-hydroxylation sites is 1. The average Bonchev–Trinajstić information content (AvgIpc) is 2.57. The zero-order valence-corrected chi connectivity index (χ0v) is 15.3. The topological polar surface area (TPSA) is 75.6 Å². The number of methoxy groups -OCH3 is 1. The molecule has 0 bridgehead atoms. The van der Waals surface area contributed by atoms with E-state index >= 15 is 0 Å². The van der Waals surface area contributed by atoms with Crippen LogP contribution in [-0.4, -0.2) is 24.1 Å². The fourth-order valence-corrected chi connectivity index (χ4v) is 2.80. The molecule has 0 aliphatic heterocycles. The summed E-state index contributed by atoms with van der Waals surface area (Å²) in [5, 5.41) is 12.2. The maximum atomic E-state index is 12.2. The van der Waals surface area contributed by atoms with E-state index in [9.17, 15) is 14.7 Å². The molecule has 0 aromatic heterocycles. The van der Waals surface area contributed by atoms with Gasteiger partial charge in [-0.2, -0.15) is 0 Å². The number of ether oxygens (including phenoxy) is 1.